The summed E-state index contributed by atoms with van der Waals surface area (Å²) in [5.74, 6) is 1.39. The van der Waals surface area contributed by atoms with Crippen molar-refractivity contribution in [3.8, 4) is 11.5 Å². The molecule has 0 radical (unpaired) electrons. The Kier molecular flexibility index (Phi) is 3.67. The molecule has 1 aromatic heterocycles. The molecule has 3 aromatic rings. The molecule has 27 heavy (non-hydrogen) atoms. The van der Waals surface area contributed by atoms with Crippen molar-refractivity contribution in [2.75, 3.05) is 6.79 Å². The molecule has 2 aliphatic rings. The quantitative estimate of drug-likeness (QED) is 0.708. The number of fused-ring (bicyclic) bond motifs is 1. The van der Waals surface area contributed by atoms with Crippen LogP contribution in [0.3, 0.4) is 0 Å². The van der Waals surface area contributed by atoms with Crippen LogP contribution in [-0.4, -0.2) is 23.4 Å². The van der Waals surface area contributed by atoms with Crippen LogP contribution in [-0.2, 0) is 0 Å². The summed E-state index contributed by atoms with van der Waals surface area (Å²) in [5, 5.41) is 6.13. The maximum Gasteiger partial charge on any atom is 0.310 e. The molecule has 0 aliphatic carbocycles. The highest BCUT2D eigenvalue weighted by Crippen LogP contribution is 2.39. The number of hydrogen-bond acceptors (Lipinski definition) is 5. The Bertz CT molecular complexity index is 1010. The fraction of sp³-hybridized carbons (Fsp3) is 0.143. The number of rotatable bonds is 3. The highest BCUT2D eigenvalue weighted by molar-refractivity contribution is 6.04. The Labute approximate surface area is 155 Å². The normalized spacial score (nSPS) is 17.9. The van der Waals surface area contributed by atoms with Gasteiger partial charge >= 0.3 is 5.91 Å². The minimum absolute atomic E-state index is 0.213. The molecule has 6 nitrogen and oxygen atoms in total. The van der Waals surface area contributed by atoms with Crippen LogP contribution in [0.4, 0.5) is 0 Å². The maximum atomic E-state index is 13.0. The molecule has 0 N–H and O–H groups in total. The smallest absolute Gasteiger partial charge is 0.310 e. The Morgan fingerprint density at radius 3 is 2.67 bits per heavy atom. The Morgan fingerprint density at radius 2 is 1.85 bits per heavy atom. The number of carbonyl (C=O) groups is 1. The summed E-state index contributed by atoms with van der Waals surface area (Å²) in [6.45, 7) is 0.213. The average Bonchev–Trinajstić information content (AvgIpc) is 3.47. The van der Waals surface area contributed by atoms with Gasteiger partial charge in [-0.15, -0.1) is 0 Å². The van der Waals surface area contributed by atoms with E-state index >= 15 is 0 Å². The van der Waals surface area contributed by atoms with E-state index < -0.39 is 0 Å². The van der Waals surface area contributed by atoms with Gasteiger partial charge in [0.2, 0.25) is 6.79 Å². The van der Waals surface area contributed by atoms with Gasteiger partial charge in [-0.05, 0) is 35.4 Å². The first-order valence-corrected chi connectivity index (χ1v) is 8.69. The Balaban J connectivity index is 1.54. The zero-order valence-corrected chi connectivity index (χ0v) is 14.4. The van der Waals surface area contributed by atoms with E-state index in [0.29, 0.717) is 17.9 Å². The van der Waals surface area contributed by atoms with Crippen molar-refractivity contribution in [2.45, 2.75) is 12.5 Å². The van der Waals surface area contributed by atoms with E-state index in [2.05, 4.69) is 5.10 Å². The minimum Gasteiger partial charge on any atom is -0.459 e. The molecule has 2 aromatic carbocycles. The second kappa shape index (κ2) is 6.32. The number of ether oxygens (including phenoxy) is 2. The molecule has 2 aliphatic heterocycles. The largest absolute Gasteiger partial charge is 0.459 e. The van der Waals surface area contributed by atoms with Crippen LogP contribution < -0.4 is 9.47 Å². The zero-order chi connectivity index (χ0) is 18.2. The topological polar surface area (TPSA) is 64.3 Å². The molecule has 0 spiro atoms. The third kappa shape index (κ3) is 2.75. The van der Waals surface area contributed by atoms with E-state index in [9.17, 15) is 4.79 Å². The van der Waals surface area contributed by atoms with Crippen molar-refractivity contribution in [3.05, 3.63) is 83.8 Å². The summed E-state index contributed by atoms with van der Waals surface area (Å²) in [5.41, 5.74) is 2.80. The summed E-state index contributed by atoms with van der Waals surface area (Å²) >= 11 is 0. The number of hydrazone groups is 1. The minimum atomic E-state index is -0.270. The average molecular weight is 360 g/mol. The monoisotopic (exact) mass is 360 g/mol. The zero-order valence-electron chi connectivity index (χ0n) is 14.4. The number of hydrogen-bond donors (Lipinski definition) is 0. The second-order valence-electron chi connectivity index (χ2n) is 6.37. The lowest BCUT2D eigenvalue weighted by Gasteiger charge is -2.21. The highest BCUT2D eigenvalue weighted by Gasteiger charge is 2.35. The predicted molar refractivity (Wildman–Crippen MR) is 97.8 cm³/mol. The van der Waals surface area contributed by atoms with Crippen LogP contribution in [0.25, 0.3) is 0 Å². The summed E-state index contributed by atoms with van der Waals surface area (Å²) in [4.78, 5) is 13.0. The summed E-state index contributed by atoms with van der Waals surface area (Å²) in [7, 11) is 0. The van der Waals surface area contributed by atoms with Crippen molar-refractivity contribution in [3.63, 3.8) is 0 Å². The molecule has 0 fully saturated rings. The van der Waals surface area contributed by atoms with Crippen LogP contribution in [0.2, 0.25) is 0 Å². The van der Waals surface area contributed by atoms with Crippen molar-refractivity contribution in [1.29, 1.82) is 0 Å². The maximum absolute atomic E-state index is 13.0. The van der Waals surface area contributed by atoms with E-state index in [1.807, 2.05) is 48.5 Å². The van der Waals surface area contributed by atoms with E-state index in [1.165, 1.54) is 11.3 Å². The molecular weight excluding hydrogens is 344 g/mol. The van der Waals surface area contributed by atoms with E-state index in [-0.39, 0.29) is 24.5 Å². The first-order valence-electron chi connectivity index (χ1n) is 8.69. The molecule has 6 heteroatoms. The van der Waals surface area contributed by atoms with Crippen LogP contribution >= 0.6 is 0 Å². The lowest BCUT2D eigenvalue weighted by Crippen LogP contribution is -2.26. The summed E-state index contributed by atoms with van der Waals surface area (Å²) in [6.07, 6.45) is 2.09. The fourth-order valence-electron chi connectivity index (χ4n) is 3.40. The molecule has 0 unspecified atom stereocenters. The standard InChI is InChI=1S/C21H16N2O4/c24-21(19-7-4-10-25-19)23-17(12-16(22-23)14-5-2-1-3-6-14)15-8-9-18-20(11-15)27-13-26-18/h1-11,17H,12-13H2/t17-/m0/s1. The third-order valence-electron chi connectivity index (χ3n) is 4.74. The van der Waals surface area contributed by atoms with Gasteiger partial charge in [0.15, 0.2) is 17.3 Å². The summed E-state index contributed by atoms with van der Waals surface area (Å²) < 4.78 is 16.2. The number of amides is 1. The van der Waals surface area contributed by atoms with Crippen LogP contribution in [0, 0.1) is 0 Å². The van der Waals surface area contributed by atoms with Gasteiger partial charge in [0, 0.05) is 6.42 Å². The Morgan fingerprint density at radius 1 is 1.00 bits per heavy atom. The van der Waals surface area contributed by atoms with E-state index in [4.69, 9.17) is 13.9 Å². The van der Waals surface area contributed by atoms with Crippen LogP contribution in [0.5, 0.6) is 11.5 Å². The van der Waals surface area contributed by atoms with Gasteiger partial charge in [0.05, 0.1) is 18.0 Å². The molecule has 1 amide bonds. The lowest BCUT2D eigenvalue weighted by atomic mass is 9.98. The van der Waals surface area contributed by atoms with Gasteiger partial charge in [0.25, 0.3) is 0 Å². The molecule has 3 heterocycles. The van der Waals surface area contributed by atoms with Crippen molar-refractivity contribution in [2.24, 2.45) is 5.10 Å². The predicted octanol–water partition coefficient (Wildman–Crippen LogP) is 4.00. The second-order valence-corrected chi connectivity index (χ2v) is 6.37. The van der Waals surface area contributed by atoms with Crippen LogP contribution in [0.15, 0.2) is 76.4 Å². The number of furan rings is 1. The lowest BCUT2D eigenvalue weighted by molar-refractivity contribution is 0.0678. The van der Waals surface area contributed by atoms with Gasteiger partial charge in [-0.1, -0.05) is 36.4 Å². The van der Waals surface area contributed by atoms with Gasteiger partial charge in [-0.25, -0.2) is 5.01 Å². The van der Waals surface area contributed by atoms with Crippen molar-refractivity contribution in [1.82, 2.24) is 5.01 Å². The first kappa shape index (κ1) is 15.7. The van der Waals surface area contributed by atoms with Gasteiger partial charge in [0.1, 0.15) is 0 Å². The van der Waals surface area contributed by atoms with Crippen molar-refractivity contribution >= 4 is 11.6 Å². The molecular formula is C21H16N2O4. The molecule has 0 saturated carbocycles. The number of nitrogens with zero attached hydrogens (tertiary/aromatic N) is 2. The fourth-order valence-corrected chi connectivity index (χ4v) is 3.40. The van der Waals surface area contributed by atoms with Gasteiger partial charge in [-0.2, -0.15) is 5.10 Å². The number of benzene rings is 2. The molecule has 1 atom stereocenters. The molecule has 134 valence electrons. The molecule has 5 rings (SSSR count). The van der Waals surface area contributed by atoms with Gasteiger partial charge in [-0.3, -0.25) is 4.79 Å². The molecule has 0 saturated heterocycles. The molecule has 0 bridgehead atoms. The summed E-state index contributed by atoms with van der Waals surface area (Å²) in [6, 6.07) is 18.7. The first-order chi connectivity index (χ1) is 13.3. The number of carbonyl (C=O) groups excluding carboxylic acids is 1. The van der Waals surface area contributed by atoms with Crippen molar-refractivity contribution < 1.29 is 18.7 Å². The third-order valence-corrected chi connectivity index (χ3v) is 4.74. The SMILES string of the molecule is O=C(c1ccco1)N1N=C(c2ccccc2)C[C@H]1c1ccc2c(c1)OCO2. The highest BCUT2D eigenvalue weighted by atomic mass is 16.7. The van der Waals surface area contributed by atoms with Gasteiger partial charge < -0.3 is 13.9 Å². The van der Waals surface area contributed by atoms with Crippen LogP contribution in [0.1, 0.15) is 34.1 Å². The Hall–Kier alpha value is -3.54. The van der Waals surface area contributed by atoms with E-state index in [0.717, 1.165) is 16.8 Å². The van der Waals surface area contributed by atoms with E-state index in [1.54, 1.807) is 12.1 Å².